The molecule has 148 valence electrons. The molecule has 1 aromatic heterocycles. The number of carbonyl (C=O) groups excluding carboxylic acids is 2. The van der Waals surface area contributed by atoms with Gasteiger partial charge in [-0.15, -0.1) is 0 Å². The number of carbonyl (C=O) groups is 2. The first-order valence-corrected chi connectivity index (χ1v) is 9.55. The van der Waals surface area contributed by atoms with Crippen LogP contribution in [0.3, 0.4) is 0 Å². The van der Waals surface area contributed by atoms with Crippen molar-refractivity contribution in [2.45, 2.75) is 26.7 Å². The maximum atomic E-state index is 12.4. The molecular weight excluding hydrogens is 382 g/mol. The summed E-state index contributed by atoms with van der Waals surface area (Å²) in [6.07, 6.45) is 2.02. The van der Waals surface area contributed by atoms with Gasteiger partial charge in [0.2, 0.25) is 11.1 Å². The van der Waals surface area contributed by atoms with Gasteiger partial charge in [-0.05, 0) is 49.9 Å². The predicted octanol–water partition coefficient (Wildman–Crippen LogP) is 2.61. The second-order valence-corrected chi connectivity index (χ2v) is 7.49. The van der Waals surface area contributed by atoms with Gasteiger partial charge in [0.1, 0.15) is 0 Å². The first-order chi connectivity index (χ1) is 13.3. The highest BCUT2D eigenvalue weighted by Crippen LogP contribution is 2.16. The molecule has 2 heterocycles. The van der Waals surface area contributed by atoms with Gasteiger partial charge in [-0.2, -0.15) is 5.10 Å². The van der Waals surface area contributed by atoms with E-state index < -0.39 is 18.0 Å². The van der Waals surface area contributed by atoms with Crippen molar-refractivity contribution in [2.24, 2.45) is 5.92 Å². The second kappa shape index (κ2) is 8.56. The number of esters is 1. The number of ether oxygens (including phenoxy) is 1. The molecule has 1 fully saturated rings. The van der Waals surface area contributed by atoms with Gasteiger partial charge >= 0.3 is 5.97 Å². The van der Waals surface area contributed by atoms with Crippen molar-refractivity contribution < 1.29 is 14.3 Å². The Bertz CT molecular complexity index is 939. The van der Waals surface area contributed by atoms with Gasteiger partial charge in [0, 0.05) is 29.9 Å². The molecular formula is C20H22ClN3O4. The van der Waals surface area contributed by atoms with Gasteiger partial charge in [-0.1, -0.05) is 18.5 Å². The lowest BCUT2D eigenvalue weighted by molar-refractivity contribution is -0.136. The topological polar surface area (TPSA) is 81.5 Å². The van der Waals surface area contributed by atoms with Crippen molar-refractivity contribution in [1.82, 2.24) is 14.7 Å². The molecule has 1 aliphatic rings. The van der Waals surface area contributed by atoms with Gasteiger partial charge in [-0.25, -0.2) is 9.48 Å². The highest BCUT2D eigenvalue weighted by atomic mass is 35.5. The molecule has 0 N–H and O–H groups in total. The molecule has 28 heavy (non-hydrogen) atoms. The highest BCUT2D eigenvalue weighted by Gasteiger charge is 2.23. The normalized spacial score (nSPS) is 16.7. The van der Waals surface area contributed by atoms with Crippen molar-refractivity contribution >= 4 is 23.5 Å². The largest absolute Gasteiger partial charge is 0.451 e. The molecule has 7 nitrogen and oxygen atoms in total. The molecule has 0 radical (unpaired) electrons. The summed E-state index contributed by atoms with van der Waals surface area (Å²) in [6.45, 7) is 4.71. The van der Waals surface area contributed by atoms with Gasteiger partial charge in [0.25, 0.3) is 5.91 Å². The van der Waals surface area contributed by atoms with Crippen LogP contribution in [-0.4, -0.2) is 46.3 Å². The summed E-state index contributed by atoms with van der Waals surface area (Å²) in [5, 5.41) is 4.70. The van der Waals surface area contributed by atoms with Crippen LogP contribution in [0.5, 0.6) is 0 Å². The standard InChI is InChI=1S/C20H22ClN3O4/c1-13-4-3-9-23(11-13)18(26)12-28-20(27)19-17(25)10-14(2)24(22-19)16-7-5-15(21)6-8-16/h5-8,10,13H,3-4,9,11-12H2,1-2H3. The fourth-order valence-electron chi connectivity index (χ4n) is 3.24. The summed E-state index contributed by atoms with van der Waals surface area (Å²) in [6, 6.07) is 8.14. The van der Waals surface area contributed by atoms with Gasteiger partial charge < -0.3 is 9.64 Å². The van der Waals surface area contributed by atoms with E-state index >= 15 is 0 Å². The summed E-state index contributed by atoms with van der Waals surface area (Å²) < 4.78 is 6.54. The zero-order valence-corrected chi connectivity index (χ0v) is 16.6. The van der Waals surface area contributed by atoms with Crippen LogP contribution >= 0.6 is 11.6 Å². The first-order valence-electron chi connectivity index (χ1n) is 9.17. The summed E-state index contributed by atoms with van der Waals surface area (Å²) >= 11 is 5.90. The molecule has 0 aliphatic carbocycles. The van der Waals surface area contributed by atoms with Crippen LogP contribution < -0.4 is 5.43 Å². The van der Waals surface area contributed by atoms with Gasteiger partial charge in [0.05, 0.1) is 5.69 Å². The minimum atomic E-state index is -0.911. The van der Waals surface area contributed by atoms with E-state index in [1.165, 1.54) is 10.7 Å². The van der Waals surface area contributed by atoms with Crippen molar-refractivity contribution in [1.29, 1.82) is 0 Å². The van der Waals surface area contributed by atoms with E-state index in [9.17, 15) is 14.4 Å². The van der Waals surface area contributed by atoms with Crippen molar-refractivity contribution in [3.8, 4) is 5.69 Å². The van der Waals surface area contributed by atoms with Crippen LogP contribution in [0.25, 0.3) is 5.69 Å². The smallest absolute Gasteiger partial charge is 0.363 e. The summed E-state index contributed by atoms with van der Waals surface area (Å²) in [4.78, 5) is 38.6. The number of aromatic nitrogens is 2. The Morgan fingerprint density at radius 3 is 2.68 bits per heavy atom. The number of halogens is 1. The number of rotatable bonds is 4. The van der Waals surface area contributed by atoms with Crippen LogP contribution in [0.1, 0.15) is 35.9 Å². The minimum Gasteiger partial charge on any atom is -0.451 e. The zero-order chi connectivity index (χ0) is 20.3. The Labute approximate surface area is 167 Å². The third-order valence-electron chi connectivity index (χ3n) is 4.71. The molecule has 0 spiro atoms. The molecule has 8 heteroatoms. The molecule has 1 unspecified atom stereocenters. The number of benzene rings is 1. The molecule has 1 amide bonds. The maximum absolute atomic E-state index is 12.4. The van der Waals surface area contributed by atoms with Crippen LogP contribution in [0, 0.1) is 12.8 Å². The highest BCUT2D eigenvalue weighted by molar-refractivity contribution is 6.30. The number of hydrogen-bond donors (Lipinski definition) is 0. The van der Waals surface area contributed by atoms with Crippen LogP contribution in [-0.2, 0) is 9.53 Å². The number of hydrogen-bond acceptors (Lipinski definition) is 5. The van der Waals surface area contributed by atoms with E-state index in [0.29, 0.717) is 35.4 Å². The lowest BCUT2D eigenvalue weighted by atomic mass is 10.0. The number of likely N-dealkylation sites (tertiary alicyclic amines) is 1. The maximum Gasteiger partial charge on any atom is 0.363 e. The Morgan fingerprint density at radius 1 is 1.29 bits per heavy atom. The van der Waals surface area contributed by atoms with E-state index in [-0.39, 0.29) is 11.6 Å². The monoisotopic (exact) mass is 403 g/mol. The summed E-state index contributed by atoms with van der Waals surface area (Å²) in [5.74, 6) is -0.741. The fraction of sp³-hybridized carbons (Fsp3) is 0.400. The minimum absolute atomic E-state index is 0.259. The molecule has 0 saturated carbocycles. The number of nitrogens with zero attached hydrogens (tertiary/aromatic N) is 3. The van der Waals surface area contributed by atoms with Gasteiger partial charge in [-0.3, -0.25) is 9.59 Å². The molecule has 1 aromatic carbocycles. The van der Waals surface area contributed by atoms with Crippen LogP contribution in [0.2, 0.25) is 5.02 Å². The zero-order valence-electron chi connectivity index (χ0n) is 15.9. The molecule has 3 rings (SSSR count). The fourth-order valence-corrected chi connectivity index (χ4v) is 3.36. The first kappa shape index (κ1) is 20.1. The van der Waals surface area contributed by atoms with Crippen LogP contribution in [0.4, 0.5) is 0 Å². The molecule has 0 bridgehead atoms. The van der Waals surface area contributed by atoms with E-state index in [0.717, 1.165) is 12.8 Å². The van der Waals surface area contributed by atoms with Crippen molar-refractivity contribution in [3.63, 3.8) is 0 Å². The molecule has 1 atom stereocenters. The van der Waals surface area contributed by atoms with E-state index in [2.05, 4.69) is 12.0 Å². The molecule has 1 aliphatic heterocycles. The lowest BCUT2D eigenvalue weighted by Gasteiger charge is -2.30. The van der Waals surface area contributed by atoms with Crippen molar-refractivity contribution in [2.75, 3.05) is 19.7 Å². The SMILES string of the molecule is Cc1cc(=O)c(C(=O)OCC(=O)N2CCCC(C)C2)nn1-c1ccc(Cl)cc1. The van der Waals surface area contributed by atoms with Crippen molar-refractivity contribution in [3.05, 3.63) is 57.0 Å². The molecule has 2 aromatic rings. The summed E-state index contributed by atoms with van der Waals surface area (Å²) in [5.41, 5.74) is 0.295. The number of amides is 1. The second-order valence-electron chi connectivity index (χ2n) is 7.05. The Balaban J connectivity index is 1.74. The van der Waals surface area contributed by atoms with Gasteiger partial charge in [0.15, 0.2) is 6.61 Å². The predicted molar refractivity (Wildman–Crippen MR) is 105 cm³/mol. The third-order valence-corrected chi connectivity index (χ3v) is 4.96. The average Bonchev–Trinajstić information content (AvgIpc) is 2.67. The molecule has 1 saturated heterocycles. The Hall–Kier alpha value is -2.67. The van der Waals surface area contributed by atoms with Crippen LogP contribution in [0.15, 0.2) is 35.1 Å². The van der Waals surface area contributed by atoms with E-state index in [4.69, 9.17) is 16.3 Å². The number of aryl methyl sites for hydroxylation is 1. The lowest BCUT2D eigenvalue weighted by Crippen LogP contribution is -2.41. The quantitative estimate of drug-likeness (QED) is 0.733. The Morgan fingerprint density at radius 2 is 2.00 bits per heavy atom. The number of piperidine rings is 1. The van der Waals surface area contributed by atoms with E-state index in [1.807, 2.05) is 0 Å². The Kier molecular flexibility index (Phi) is 6.14. The van der Waals surface area contributed by atoms with E-state index in [1.54, 1.807) is 36.1 Å². The third kappa shape index (κ3) is 4.59. The summed E-state index contributed by atoms with van der Waals surface area (Å²) in [7, 11) is 0. The average molecular weight is 404 g/mol.